The van der Waals surface area contributed by atoms with Gasteiger partial charge in [0.05, 0.1) is 11.0 Å². The molecule has 96 valence electrons. The summed E-state index contributed by atoms with van der Waals surface area (Å²) in [6.07, 6.45) is 5.19. The topological polar surface area (TPSA) is 46.2 Å². The van der Waals surface area contributed by atoms with E-state index in [1.807, 2.05) is 0 Å². The van der Waals surface area contributed by atoms with E-state index >= 15 is 0 Å². The molecule has 1 aliphatic carbocycles. The number of nitrogens with one attached hydrogen (secondary N) is 1. The molecule has 16 heavy (non-hydrogen) atoms. The average Bonchev–Trinajstić information content (AvgIpc) is 2.60. The highest BCUT2D eigenvalue weighted by atomic mass is 32.2. The zero-order chi connectivity index (χ0) is 12.2. The molecule has 4 heteroatoms. The lowest BCUT2D eigenvalue weighted by Gasteiger charge is -2.23. The Morgan fingerprint density at radius 1 is 1.25 bits per heavy atom. The fraction of sp³-hybridized carbons (Fsp3) is 1.00. The standard InChI is InChI=1S/C12H25NO2S/c1-11(2)16(14,15)9-8-13-10-12(3)6-4-5-7-12/h11,13H,4-10H2,1-3H3. The monoisotopic (exact) mass is 247 g/mol. The average molecular weight is 247 g/mol. The zero-order valence-corrected chi connectivity index (χ0v) is 11.6. The van der Waals surface area contributed by atoms with Crippen LogP contribution in [0.25, 0.3) is 0 Å². The van der Waals surface area contributed by atoms with Gasteiger partial charge in [-0.2, -0.15) is 0 Å². The van der Waals surface area contributed by atoms with Gasteiger partial charge in [0.1, 0.15) is 0 Å². The Morgan fingerprint density at radius 3 is 2.31 bits per heavy atom. The Labute approximate surface area is 99.9 Å². The molecule has 0 saturated heterocycles. The quantitative estimate of drug-likeness (QED) is 0.730. The summed E-state index contributed by atoms with van der Waals surface area (Å²) in [5.74, 6) is 0.265. The van der Waals surface area contributed by atoms with Crippen LogP contribution in [0.5, 0.6) is 0 Å². The molecular formula is C12H25NO2S. The molecule has 0 spiro atoms. The molecule has 0 aromatic rings. The molecule has 1 fully saturated rings. The molecule has 0 unspecified atom stereocenters. The van der Waals surface area contributed by atoms with E-state index in [2.05, 4.69) is 12.2 Å². The minimum Gasteiger partial charge on any atom is -0.315 e. The second-order valence-electron chi connectivity index (χ2n) is 5.61. The van der Waals surface area contributed by atoms with Crippen molar-refractivity contribution >= 4 is 9.84 Å². The third kappa shape index (κ3) is 4.06. The highest BCUT2D eigenvalue weighted by Gasteiger charge is 2.28. The van der Waals surface area contributed by atoms with Gasteiger partial charge in [0.2, 0.25) is 0 Å². The van der Waals surface area contributed by atoms with E-state index in [0.29, 0.717) is 12.0 Å². The first kappa shape index (κ1) is 14.0. The van der Waals surface area contributed by atoms with Gasteiger partial charge in [-0.1, -0.05) is 19.8 Å². The van der Waals surface area contributed by atoms with Crippen molar-refractivity contribution in [1.29, 1.82) is 0 Å². The molecule has 1 rings (SSSR count). The maximum atomic E-state index is 11.6. The van der Waals surface area contributed by atoms with Gasteiger partial charge < -0.3 is 5.32 Å². The fourth-order valence-electron chi connectivity index (χ4n) is 2.25. The van der Waals surface area contributed by atoms with E-state index in [0.717, 1.165) is 6.54 Å². The second-order valence-corrected chi connectivity index (χ2v) is 8.29. The molecule has 0 aromatic carbocycles. The molecule has 0 heterocycles. The predicted octanol–water partition coefficient (Wildman–Crippen LogP) is 1.98. The normalized spacial score (nSPS) is 20.5. The van der Waals surface area contributed by atoms with E-state index in [4.69, 9.17) is 0 Å². The van der Waals surface area contributed by atoms with Gasteiger partial charge in [-0.3, -0.25) is 0 Å². The fourth-order valence-corrected chi connectivity index (χ4v) is 3.15. The van der Waals surface area contributed by atoms with Crippen LogP contribution in [0.15, 0.2) is 0 Å². The van der Waals surface area contributed by atoms with Crippen LogP contribution in [0.4, 0.5) is 0 Å². The summed E-state index contributed by atoms with van der Waals surface area (Å²) in [6.45, 7) is 7.34. The van der Waals surface area contributed by atoms with Crippen LogP contribution in [0, 0.1) is 5.41 Å². The highest BCUT2D eigenvalue weighted by Crippen LogP contribution is 2.36. The molecular weight excluding hydrogens is 222 g/mol. The van der Waals surface area contributed by atoms with Crippen LogP contribution in [0.1, 0.15) is 46.5 Å². The van der Waals surface area contributed by atoms with E-state index in [9.17, 15) is 8.42 Å². The number of rotatable bonds is 6. The summed E-state index contributed by atoms with van der Waals surface area (Å²) in [4.78, 5) is 0. The summed E-state index contributed by atoms with van der Waals surface area (Å²) in [7, 11) is -2.88. The third-order valence-corrected chi connectivity index (χ3v) is 5.85. The molecule has 0 radical (unpaired) electrons. The first-order chi connectivity index (χ1) is 7.36. The Morgan fingerprint density at radius 2 is 1.81 bits per heavy atom. The number of sulfone groups is 1. The molecule has 1 aliphatic rings. The minimum absolute atomic E-state index is 0.253. The lowest BCUT2D eigenvalue weighted by atomic mass is 9.89. The summed E-state index contributed by atoms with van der Waals surface area (Å²) < 4.78 is 23.1. The van der Waals surface area contributed by atoms with Crippen LogP contribution in [-0.4, -0.2) is 32.5 Å². The molecule has 0 amide bonds. The summed E-state index contributed by atoms with van der Waals surface area (Å²) >= 11 is 0. The molecule has 1 saturated carbocycles. The van der Waals surface area contributed by atoms with Gasteiger partial charge in [-0.05, 0) is 32.1 Å². The Kier molecular flexibility index (Phi) is 4.80. The van der Waals surface area contributed by atoms with E-state index in [1.54, 1.807) is 13.8 Å². The maximum absolute atomic E-state index is 11.6. The SMILES string of the molecule is CC(C)S(=O)(=O)CCNCC1(C)CCCC1. The first-order valence-corrected chi connectivity index (χ1v) is 8.00. The molecule has 0 aliphatic heterocycles. The van der Waals surface area contributed by atoms with Crippen LogP contribution in [0.3, 0.4) is 0 Å². The number of hydrogen-bond acceptors (Lipinski definition) is 3. The molecule has 0 bridgehead atoms. The van der Waals surface area contributed by atoms with Crippen molar-refractivity contribution in [3.63, 3.8) is 0 Å². The first-order valence-electron chi connectivity index (χ1n) is 6.28. The van der Waals surface area contributed by atoms with Crippen LogP contribution in [-0.2, 0) is 9.84 Å². The highest BCUT2D eigenvalue weighted by molar-refractivity contribution is 7.92. The summed E-state index contributed by atoms with van der Waals surface area (Å²) in [6, 6.07) is 0. The maximum Gasteiger partial charge on any atom is 0.153 e. The van der Waals surface area contributed by atoms with Gasteiger partial charge in [0.25, 0.3) is 0 Å². The zero-order valence-electron chi connectivity index (χ0n) is 10.8. The lowest BCUT2D eigenvalue weighted by molar-refractivity contribution is 0.318. The van der Waals surface area contributed by atoms with Gasteiger partial charge in [-0.15, -0.1) is 0 Å². The van der Waals surface area contributed by atoms with Gasteiger partial charge >= 0.3 is 0 Å². The minimum atomic E-state index is -2.88. The van der Waals surface area contributed by atoms with Crippen molar-refractivity contribution in [2.24, 2.45) is 5.41 Å². The van der Waals surface area contributed by atoms with Gasteiger partial charge in [-0.25, -0.2) is 8.42 Å². The third-order valence-electron chi connectivity index (χ3n) is 3.64. The Balaban J connectivity index is 2.22. The number of hydrogen-bond donors (Lipinski definition) is 1. The Bertz CT molecular complexity index is 303. The molecule has 0 aromatic heterocycles. The van der Waals surface area contributed by atoms with Gasteiger partial charge in [0.15, 0.2) is 9.84 Å². The van der Waals surface area contributed by atoms with E-state index < -0.39 is 9.84 Å². The van der Waals surface area contributed by atoms with Crippen molar-refractivity contribution in [3.8, 4) is 0 Å². The smallest absolute Gasteiger partial charge is 0.153 e. The van der Waals surface area contributed by atoms with E-state index in [1.165, 1.54) is 25.7 Å². The molecule has 3 nitrogen and oxygen atoms in total. The van der Waals surface area contributed by atoms with Crippen molar-refractivity contribution in [2.75, 3.05) is 18.8 Å². The van der Waals surface area contributed by atoms with Crippen molar-refractivity contribution in [2.45, 2.75) is 51.7 Å². The lowest BCUT2D eigenvalue weighted by Crippen LogP contribution is -2.34. The largest absolute Gasteiger partial charge is 0.315 e. The Hall–Kier alpha value is -0.0900. The van der Waals surface area contributed by atoms with Crippen LogP contribution >= 0.6 is 0 Å². The second kappa shape index (κ2) is 5.50. The summed E-state index contributed by atoms with van der Waals surface area (Å²) in [5, 5.41) is 3.05. The summed E-state index contributed by atoms with van der Waals surface area (Å²) in [5.41, 5.74) is 0.404. The molecule has 0 atom stereocenters. The molecule has 1 N–H and O–H groups in total. The van der Waals surface area contributed by atoms with Crippen LogP contribution in [0.2, 0.25) is 0 Å². The van der Waals surface area contributed by atoms with Crippen molar-refractivity contribution in [3.05, 3.63) is 0 Å². The van der Waals surface area contributed by atoms with E-state index in [-0.39, 0.29) is 11.0 Å². The van der Waals surface area contributed by atoms with Crippen molar-refractivity contribution < 1.29 is 8.42 Å². The predicted molar refractivity (Wildman–Crippen MR) is 68.4 cm³/mol. The van der Waals surface area contributed by atoms with Crippen LogP contribution < -0.4 is 5.32 Å². The van der Waals surface area contributed by atoms with Crippen molar-refractivity contribution in [1.82, 2.24) is 5.32 Å². The van der Waals surface area contributed by atoms with Gasteiger partial charge in [0, 0.05) is 13.1 Å².